The Bertz CT molecular complexity index is 581. The van der Waals surface area contributed by atoms with Crippen LogP contribution in [0, 0.1) is 0 Å². The highest BCUT2D eigenvalue weighted by Crippen LogP contribution is 2.26. The SMILES string of the molecule is COc1cc(/C=C/C(=O)NCCCCN2CCN(C)CC2)ccc1O. The molecular weight excluding hydrogens is 318 g/mol. The number of carbonyl (C=O) groups is 1. The number of piperazine rings is 1. The van der Waals surface area contributed by atoms with E-state index in [0.29, 0.717) is 12.3 Å². The maximum absolute atomic E-state index is 11.8. The maximum Gasteiger partial charge on any atom is 0.243 e. The van der Waals surface area contributed by atoms with Crippen molar-refractivity contribution in [1.82, 2.24) is 15.1 Å². The van der Waals surface area contributed by atoms with Crippen LogP contribution in [0.3, 0.4) is 0 Å². The van der Waals surface area contributed by atoms with E-state index < -0.39 is 0 Å². The van der Waals surface area contributed by atoms with Gasteiger partial charge in [-0.05, 0) is 50.2 Å². The van der Waals surface area contributed by atoms with Crippen LogP contribution in [0.15, 0.2) is 24.3 Å². The van der Waals surface area contributed by atoms with Crippen molar-refractivity contribution in [2.24, 2.45) is 0 Å². The Hall–Kier alpha value is -2.05. The van der Waals surface area contributed by atoms with E-state index in [1.165, 1.54) is 13.2 Å². The molecule has 6 heteroatoms. The van der Waals surface area contributed by atoms with E-state index in [2.05, 4.69) is 22.2 Å². The first-order valence-corrected chi connectivity index (χ1v) is 8.82. The van der Waals surface area contributed by atoms with E-state index in [0.717, 1.165) is 51.1 Å². The highest BCUT2D eigenvalue weighted by atomic mass is 16.5. The van der Waals surface area contributed by atoms with Crippen molar-refractivity contribution < 1.29 is 14.6 Å². The van der Waals surface area contributed by atoms with Crippen molar-refractivity contribution in [3.8, 4) is 11.5 Å². The number of benzene rings is 1. The average Bonchev–Trinajstić information content (AvgIpc) is 2.62. The molecule has 1 heterocycles. The number of phenols is 1. The number of nitrogens with zero attached hydrogens (tertiary/aromatic N) is 2. The Balaban J connectivity index is 1.62. The fraction of sp³-hybridized carbons (Fsp3) is 0.526. The van der Waals surface area contributed by atoms with Gasteiger partial charge in [0, 0.05) is 38.8 Å². The maximum atomic E-state index is 11.8. The monoisotopic (exact) mass is 347 g/mol. The molecule has 6 nitrogen and oxygen atoms in total. The molecule has 1 aliphatic heterocycles. The minimum atomic E-state index is -0.105. The Labute approximate surface area is 150 Å². The number of aromatic hydroxyl groups is 1. The van der Waals surface area contributed by atoms with Crippen molar-refractivity contribution in [2.75, 3.05) is 53.4 Å². The topological polar surface area (TPSA) is 65.0 Å². The molecular formula is C19H29N3O3. The van der Waals surface area contributed by atoms with Crippen LogP contribution in [-0.4, -0.2) is 74.2 Å². The van der Waals surface area contributed by atoms with Gasteiger partial charge < -0.3 is 25.0 Å². The summed E-state index contributed by atoms with van der Waals surface area (Å²) in [5.74, 6) is 0.377. The zero-order chi connectivity index (χ0) is 18.1. The Morgan fingerprint density at radius 3 is 2.76 bits per heavy atom. The molecule has 0 radical (unpaired) electrons. The second-order valence-electron chi connectivity index (χ2n) is 6.41. The van der Waals surface area contributed by atoms with E-state index in [1.807, 2.05) is 0 Å². The average molecular weight is 347 g/mol. The molecule has 138 valence electrons. The van der Waals surface area contributed by atoms with Gasteiger partial charge >= 0.3 is 0 Å². The van der Waals surface area contributed by atoms with E-state index in [1.54, 1.807) is 24.3 Å². The number of ether oxygens (including phenoxy) is 1. The molecule has 1 amide bonds. The van der Waals surface area contributed by atoms with Crippen LogP contribution in [0.2, 0.25) is 0 Å². The van der Waals surface area contributed by atoms with Crippen LogP contribution in [0.5, 0.6) is 11.5 Å². The molecule has 0 unspecified atom stereocenters. The number of nitrogens with one attached hydrogen (secondary N) is 1. The van der Waals surface area contributed by atoms with E-state index in [4.69, 9.17) is 4.74 Å². The van der Waals surface area contributed by atoms with Crippen LogP contribution < -0.4 is 10.1 Å². The fourth-order valence-corrected chi connectivity index (χ4v) is 2.77. The fourth-order valence-electron chi connectivity index (χ4n) is 2.77. The molecule has 25 heavy (non-hydrogen) atoms. The summed E-state index contributed by atoms with van der Waals surface area (Å²) in [4.78, 5) is 16.7. The van der Waals surface area contributed by atoms with Gasteiger partial charge in [0.05, 0.1) is 7.11 Å². The molecule has 0 bridgehead atoms. The van der Waals surface area contributed by atoms with Crippen molar-refractivity contribution >= 4 is 12.0 Å². The van der Waals surface area contributed by atoms with Crippen LogP contribution in [0.4, 0.5) is 0 Å². The summed E-state index contributed by atoms with van der Waals surface area (Å²) in [6.45, 7) is 6.36. The Kier molecular flexibility index (Phi) is 7.76. The molecule has 1 aliphatic rings. The first-order chi connectivity index (χ1) is 12.1. The van der Waals surface area contributed by atoms with Gasteiger partial charge in [-0.25, -0.2) is 0 Å². The van der Waals surface area contributed by atoms with Crippen molar-refractivity contribution in [1.29, 1.82) is 0 Å². The summed E-state index contributed by atoms with van der Waals surface area (Å²) in [6, 6.07) is 4.97. The molecule has 1 aromatic carbocycles. The van der Waals surface area contributed by atoms with Gasteiger partial charge in [-0.3, -0.25) is 4.79 Å². The molecule has 0 spiro atoms. The van der Waals surface area contributed by atoms with Crippen molar-refractivity contribution in [2.45, 2.75) is 12.8 Å². The Morgan fingerprint density at radius 1 is 1.28 bits per heavy atom. The number of likely N-dealkylation sites (N-methyl/N-ethyl adjacent to an activating group) is 1. The normalized spacial score (nSPS) is 16.2. The third kappa shape index (κ3) is 6.76. The second-order valence-corrected chi connectivity index (χ2v) is 6.41. The van der Waals surface area contributed by atoms with Gasteiger partial charge in [-0.15, -0.1) is 0 Å². The quantitative estimate of drug-likeness (QED) is 0.552. The third-order valence-electron chi connectivity index (χ3n) is 4.43. The lowest BCUT2D eigenvalue weighted by Crippen LogP contribution is -2.44. The van der Waals surface area contributed by atoms with Crippen molar-refractivity contribution in [3.05, 3.63) is 29.8 Å². The number of carbonyl (C=O) groups excluding carboxylic acids is 1. The molecule has 0 atom stereocenters. The number of unbranched alkanes of at least 4 members (excludes halogenated alkanes) is 1. The van der Waals surface area contributed by atoms with Gasteiger partial charge in [-0.1, -0.05) is 6.07 Å². The molecule has 1 saturated heterocycles. The van der Waals surface area contributed by atoms with Gasteiger partial charge in [0.2, 0.25) is 5.91 Å². The third-order valence-corrected chi connectivity index (χ3v) is 4.43. The number of methoxy groups -OCH3 is 1. The van der Waals surface area contributed by atoms with Gasteiger partial charge in [-0.2, -0.15) is 0 Å². The van der Waals surface area contributed by atoms with Gasteiger partial charge in [0.25, 0.3) is 0 Å². The highest BCUT2D eigenvalue weighted by molar-refractivity contribution is 5.91. The van der Waals surface area contributed by atoms with Crippen LogP contribution in [0.1, 0.15) is 18.4 Å². The number of amides is 1. The summed E-state index contributed by atoms with van der Waals surface area (Å²) in [7, 11) is 3.66. The molecule has 2 rings (SSSR count). The summed E-state index contributed by atoms with van der Waals surface area (Å²) in [6.07, 6.45) is 5.30. The summed E-state index contributed by atoms with van der Waals surface area (Å²) in [5.41, 5.74) is 0.805. The summed E-state index contributed by atoms with van der Waals surface area (Å²) >= 11 is 0. The van der Waals surface area contributed by atoms with Crippen molar-refractivity contribution in [3.63, 3.8) is 0 Å². The minimum absolute atomic E-state index is 0.0875. The summed E-state index contributed by atoms with van der Waals surface area (Å²) < 4.78 is 5.05. The zero-order valence-electron chi connectivity index (χ0n) is 15.2. The number of hydrogen-bond acceptors (Lipinski definition) is 5. The Morgan fingerprint density at radius 2 is 2.04 bits per heavy atom. The highest BCUT2D eigenvalue weighted by Gasteiger charge is 2.12. The lowest BCUT2D eigenvalue weighted by atomic mass is 10.2. The second kappa shape index (κ2) is 10.1. The number of rotatable bonds is 8. The molecule has 0 saturated carbocycles. The first kappa shape index (κ1) is 19.3. The zero-order valence-corrected chi connectivity index (χ0v) is 15.2. The lowest BCUT2D eigenvalue weighted by molar-refractivity contribution is -0.116. The molecule has 0 aliphatic carbocycles. The summed E-state index contributed by atoms with van der Waals surface area (Å²) in [5, 5.41) is 12.5. The number of hydrogen-bond donors (Lipinski definition) is 2. The molecule has 1 fully saturated rings. The standard InChI is InChI=1S/C19H29N3O3/c1-21-11-13-22(14-12-21)10-4-3-9-20-19(24)8-6-16-5-7-17(23)18(15-16)25-2/h5-8,15,23H,3-4,9-14H2,1-2H3,(H,20,24)/b8-6+. The van der Waals surface area contributed by atoms with Crippen LogP contribution >= 0.6 is 0 Å². The first-order valence-electron chi connectivity index (χ1n) is 8.82. The largest absolute Gasteiger partial charge is 0.504 e. The smallest absolute Gasteiger partial charge is 0.243 e. The molecule has 1 aromatic rings. The number of phenolic OH excluding ortho intramolecular Hbond substituents is 1. The van der Waals surface area contributed by atoms with E-state index in [9.17, 15) is 9.90 Å². The molecule has 0 aromatic heterocycles. The predicted octanol–water partition coefficient (Wildman–Crippen LogP) is 1.56. The van der Waals surface area contributed by atoms with E-state index >= 15 is 0 Å². The molecule has 2 N–H and O–H groups in total. The van der Waals surface area contributed by atoms with Gasteiger partial charge in [0.1, 0.15) is 0 Å². The van der Waals surface area contributed by atoms with Crippen LogP contribution in [-0.2, 0) is 4.79 Å². The van der Waals surface area contributed by atoms with Gasteiger partial charge in [0.15, 0.2) is 11.5 Å². The van der Waals surface area contributed by atoms with E-state index in [-0.39, 0.29) is 11.7 Å². The lowest BCUT2D eigenvalue weighted by Gasteiger charge is -2.32. The van der Waals surface area contributed by atoms with Crippen LogP contribution in [0.25, 0.3) is 6.08 Å². The minimum Gasteiger partial charge on any atom is -0.504 e. The predicted molar refractivity (Wildman–Crippen MR) is 99.9 cm³/mol.